The lowest BCUT2D eigenvalue weighted by Gasteiger charge is -2.41. The van der Waals surface area contributed by atoms with Crippen LogP contribution in [0, 0.1) is 35.5 Å². The number of carbonyl (C=O) groups is 4. The number of fused-ring (bicyclic) bond motifs is 2. The van der Waals surface area contributed by atoms with Crippen LogP contribution in [0.25, 0.3) is 0 Å². The molecule has 4 aliphatic carbocycles. The van der Waals surface area contributed by atoms with Gasteiger partial charge < -0.3 is 24.4 Å². The molecule has 4 heterocycles. The number of hydrogen-bond acceptors (Lipinski definition) is 8. The fraction of sp³-hybridized carbons (Fsp3) is 0.833. The third kappa shape index (κ3) is 4.61. The first kappa shape index (κ1) is 22.6. The van der Waals surface area contributed by atoms with Gasteiger partial charge in [0.25, 0.3) is 0 Å². The second-order valence-electron chi connectivity index (χ2n) is 10.8. The monoisotopic (exact) mass is 464 g/mol. The van der Waals surface area contributed by atoms with Crippen molar-refractivity contribution in [1.29, 1.82) is 0 Å². The summed E-state index contributed by atoms with van der Waals surface area (Å²) in [7, 11) is 0. The van der Waals surface area contributed by atoms with E-state index in [1.165, 1.54) is 0 Å². The number of aliphatic carboxylic acids is 1. The predicted molar refractivity (Wildman–Crippen MR) is 110 cm³/mol. The third-order valence-electron chi connectivity index (χ3n) is 8.52. The Balaban J connectivity index is 0.000000151. The Morgan fingerprint density at radius 3 is 2.03 bits per heavy atom. The quantitative estimate of drug-likeness (QED) is 0.471. The maximum atomic E-state index is 11.9. The van der Waals surface area contributed by atoms with E-state index in [0.29, 0.717) is 17.8 Å². The average Bonchev–Trinajstić information content (AvgIpc) is 3.03. The van der Waals surface area contributed by atoms with Crippen molar-refractivity contribution in [2.75, 3.05) is 0 Å². The van der Waals surface area contributed by atoms with Crippen molar-refractivity contribution in [1.82, 2.24) is 0 Å². The molecule has 8 rings (SSSR count). The molecule has 33 heavy (non-hydrogen) atoms. The molecule has 4 aliphatic heterocycles. The van der Waals surface area contributed by atoms with E-state index in [1.807, 2.05) is 0 Å². The van der Waals surface area contributed by atoms with Crippen LogP contribution in [-0.4, -0.2) is 58.5 Å². The molecule has 182 valence electrons. The number of carboxylic acids is 1. The zero-order valence-electron chi connectivity index (χ0n) is 18.6. The van der Waals surface area contributed by atoms with E-state index in [4.69, 9.17) is 19.3 Å². The average molecular weight is 465 g/mol. The fourth-order valence-electron chi connectivity index (χ4n) is 7.14. The molecule has 2 N–H and O–H groups in total. The normalized spacial score (nSPS) is 44.2. The van der Waals surface area contributed by atoms with Crippen LogP contribution < -0.4 is 0 Å². The van der Waals surface area contributed by atoms with Crippen molar-refractivity contribution < 1.29 is 43.6 Å². The molecule has 10 unspecified atom stereocenters. The third-order valence-corrected chi connectivity index (χ3v) is 8.52. The van der Waals surface area contributed by atoms with Crippen LogP contribution in [0.4, 0.5) is 0 Å². The maximum absolute atomic E-state index is 11.9. The largest absolute Gasteiger partial charge is 0.481 e. The Bertz CT molecular complexity index is 825. The van der Waals surface area contributed by atoms with E-state index in [-0.39, 0.29) is 66.9 Å². The van der Waals surface area contributed by atoms with E-state index >= 15 is 0 Å². The first-order chi connectivity index (χ1) is 15.8. The summed E-state index contributed by atoms with van der Waals surface area (Å²) in [6.45, 7) is 0. The van der Waals surface area contributed by atoms with E-state index in [0.717, 1.165) is 51.4 Å². The summed E-state index contributed by atoms with van der Waals surface area (Å²) in [5.41, 5.74) is 0. The summed E-state index contributed by atoms with van der Waals surface area (Å²) in [5.74, 6) is -0.0894. The number of carbonyl (C=O) groups excluding carboxylic acids is 3. The molecule has 8 aliphatic rings. The van der Waals surface area contributed by atoms with Crippen LogP contribution >= 0.6 is 0 Å². The summed E-state index contributed by atoms with van der Waals surface area (Å²) in [4.78, 5) is 45.5. The molecule has 0 aromatic rings. The van der Waals surface area contributed by atoms with Gasteiger partial charge in [0.2, 0.25) is 0 Å². The van der Waals surface area contributed by atoms with Crippen molar-refractivity contribution in [3.05, 3.63) is 0 Å². The zero-order valence-corrected chi connectivity index (χ0v) is 18.6. The summed E-state index contributed by atoms with van der Waals surface area (Å²) in [6.07, 6.45) is 5.53. The number of hydrogen-bond donors (Lipinski definition) is 2. The summed E-state index contributed by atoms with van der Waals surface area (Å²) < 4.78 is 16.1. The zero-order chi connectivity index (χ0) is 23.3. The highest BCUT2D eigenvalue weighted by Gasteiger charge is 2.52. The van der Waals surface area contributed by atoms with Crippen LogP contribution in [0.1, 0.15) is 64.2 Å². The highest BCUT2D eigenvalue weighted by atomic mass is 16.6. The SMILES string of the molecule is O=C(O)CCC(=O)OC1C2CC3CC(C2)C(=O)OC1C3.O=C1OC2CC3CC1CC(C3)C2O. The van der Waals surface area contributed by atoms with Crippen molar-refractivity contribution in [2.45, 2.75) is 88.6 Å². The van der Waals surface area contributed by atoms with Gasteiger partial charge in [-0.25, -0.2) is 0 Å². The van der Waals surface area contributed by atoms with Gasteiger partial charge in [-0.2, -0.15) is 0 Å². The second kappa shape index (κ2) is 8.89. The first-order valence-electron chi connectivity index (χ1n) is 12.3. The smallest absolute Gasteiger partial charge is 0.309 e. The van der Waals surface area contributed by atoms with Crippen LogP contribution in [0.5, 0.6) is 0 Å². The van der Waals surface area contributed by atoms with Gasteiger partial charge in [0, 0.05) is 5.92 Å². The number of aliphatic hydroxyl groups excluding tert-OH is 1. The lowest BCUT2D eigenvalue weighted by atomic mass is 9.67. The van der Waals surface area contributed by atoms with Crippen molar-refractivity contribution in [2.24, 2.45) is 35.5 Å². The molecule has 4 saturated heterocycles. The van der Waals surface area contributed by atoms with Gasteiger partial charge in [-0.15, -0.1) is 0 Å². The number of aliphatic hydroxyl groups is 1. The van der Waals surface area contributed by atoms with Gasteiger partial charge in [0.1, 0.15) is 18.3 Å². The molecular formula is C24H32O9. The van der Waals surface area contributed by atoms with Crippen molar-refractivity contribution >= 4 is 23.9 Å². The Morgan fingerprint density at radius 2 is 1.36 bits per heavy atom. The first-order valence-corrected chi connectivity index (χ1v) is 12.3. The summed E-state index contributed by atoms with van der Waals surface area (Å²) in [6, 6.07) is 0. The Morgan fingerprint density at radius 1 is 0.788 bits per heavy atom. The molecular weight excluding hydrogens is 432 g/mol. The Labute approximate surface area is 192 Å². The molecule has 8 bridgehead atoms. The molecule has 8 fully saturated rings. The van der Waals surface area contributed by atoms with E-state index in [1.54, 1.807) is 0 Å². The molecule has 9 heteroatoms. The van der Waals surface area contributed by atoms with Crippen LogP contribution in [-0.2, 0) is 33.4 Å². The van der Waals surface area contributed by atoms with Crippen molar-refractivity contribution in [3.8, 4) is 0 Å². The van der Waals surface area contributed by atoms with E-state index in [9.17, 15) is 24.3 Å². The highest BCUT2D eigenvalue weighted by molar-refractivity contribution is 5.77. The van der Waals surface area contributed by atoms with Gasteiger partial charge in [-0.1, -0.05) is 0 Å². The van der Waals surface area contributed by atoms with Crippen molar-refractivity contribution in [3.63, 3.8) is 0 Å². The molecule has 9 nitrogen and oxygen atoms in total. The van der Waals surface area contributed by atoms with Crippen LogP contribution in [0.15, 0.2) is 0 Å². The minimum atomic E-state index is -1.02. The van der Waals surface area contributed by atoms with Gasteiger partial charge in [0.15, 0.2) is 0 Å². The standard InChI is InChI=1S/C14H18O6.C10H14O3/c15-11(16)1-2-12(17)20-13-8-3-7-4-9(6-8)14(18)19-10(13)5-7;11-9-6-1-5-2-7(4-6)10(12)13-8(9)3-5/h7-10,13H,1-6H2,(H,15,16);5-9,11H,1-4H2. The van der Waals surface area contributed by atoms with Gasteiger partial charge in [0.05, 0.1) is 30.8 Å². The van der Waals surface area contributed by atoms with Crippen LogP contribution in [0.3, 0.4) is 0 Å². The molecule has 0 aromatic heterocycles. The lowest BCUT2D eigenvalue weighted by molar-refractivity contribution is -0.173. The van der Waals surface area contributed by atoms with Gasteiger partial charge in [-0.3, -0.25) is 19.2 Å². The van der Waals surface area contributed by atoms with Gasteiger partial charge in [-0.05, 0) is 69.1 Å². The lowest BCUT2D eigenvalue weighted by Crippen LogP contribution is -2.45. The maximum Gasteiger partial charge on any atom is 0.309 e. The second-order valence-corrected chi connectivity index (χ2v) is 10.8. The number of carboxylic acid groups (broad SMARTS) is 1. The molecule has 4 saturated carbocycles. The Kier molecular flexibility index (Phi) is 6.09. The molecule has 0 amide bonds. The molecule has 0 aromatic carbocycles. The van der Waals surface area contributed by atoms with E-state index in [2.05, 4.69) is 0 Å². The number of esters is 3. The van der Waals surface area contributed by atoms with Crippen LogP contribution in [0.2, 0.25) is 0 Å². The number of rotatable bonds is 4. The predicted octanol–water partition coefficient (Wildman–Crippen LogP) is 1.83. The molecule has 0 spiro atoms. The van der Waals surface area contributed by atoms with E-state index < -0.39 is 11.9 Å². The number of ether oxygens (including phenoxy) is 3. The summed E-state index contributed by atoms with van der Waals surface area (Å²) in [5, 5.41) is 18.4. The minimum absolute atomic E-state index is 0.0496. The van der Waals surface area contributed by atoms with Gasteiger partial charge >= 0.3 is 23.9 Å². The fourth-order valence-corrected chi connectivity index (χ4v) is 7.14. The summed E-state index contributed by atoms with van der Waals surface area (Å²) >= 11 is 0. The molecule has 10 atom stereocenters. The minimum Gasteiger partial charge on any atom is -0.481 e. The highest BCUT2D eigenvalue weighted by Crippen LogP contribution is 2.48. The Hall–Kier alpha value is -2.16. The topological polar surface area (TPSA) is 136 Å². The molecule has 0 radical (unpaired) electrons.